The Morgan fingerprint density at radius 1 is 1.25 bits per heavy atom. The van der Waals surface area contributed by atoms with E-state index in [1.54, 1.807) is 6.33 Å². The number of benzene rings is 1. The molecule has 0 saturated heterocycles. The van der Waals surface area contributed by atoms with Crippen LogP contribution in [0.4, 0.5) is 17.3 Å². The summed E-state index contributed by atoms with van der Waals surface area (Å²) in [6, 6.07) is 8.04. The lowest BCUT2D eigenvalue weighted by molar-refractivity contribution is 0.758. The smallest absolute Gasteiger partial charge is 0.135 e. The number of halogens is 1. The van der Waals surface area contributed by atoms with E-state index in [4.69, 9.17) is 11.6 Å². The van der Waals surface area contributed by atoms with Crippen molar-refractivity contribution in [2.45, 2.75) is 33.2 Å². The molecule has 0 amide bonds. The molecule has 2 N–H and O–H groups in total. The van der Waals surface area contributed by atoms with Gasteiger partial charge in [0.05, 0.1) is 0 Å². The van der Waals surface area contributed by atoms with E-state index in [-0.39, 0.29) is 0 Å². The third-order valence-corrected chi connectivity index (χ3v) is 3.61. The van der Waals surface area contributed by atoms with Gasteiger partial charge in [-0.1, -0.05) is 24.6 Å². The molecule has 106 valence electrons. The van der Waals surface area contributed by atoms with Gasteiger partial charge in [0.15, 0.2) is 0 Å². The van der Waals surface area contributed by atoms with Crippen LogP contribution in [0.1, 0.15) is 25.8 Å². The Hall–Kier alpha value is -1.81. The van der Waals surface area contributed by atoms with Crippen LogP contribution < -0.4 is 10.6 Å². The van der Waals surface area contributed by atoms with Crippen molar-refractivity contribution in [3.05, 3.63) is 41.2 Å². The van der Waals surface area contributed by atoms with Crippen LogP contribution in [0.2, 0.25) is 5.02 Å². The molecule has 1 heterocycles. The van der Waals surface area contributed by atoms with Crippen LogP contribution in [-0.2, 0) is 0 Å². The van der Waals surface area contributed by atoms with E-state index in [0.717, 1.165) is 34.3 Å². The van der Waals surface area contributed by atoms with Crippen molar-refractivity contribution in [1.82, 2.24) is 9.97 Å². The fourth-order valence-corrected chi connectivity index (χ4v) is 1.91. The first-order chi connectivity index (χ1) is 9.60. The fraction of sp³-hybridized carbons (Fsp3) is 0.333. The van der Waals surface area contributed by atoms with Gasteiger partial charge in [-0.2, -0.15) is 0 Å². The fourth-order valence-electron chi connectivity index (χ4n) is 1.74. The zero-order valence-electron chi connectivity index (χ0n) is 11.9. The lowest BCUT2D eigenvalue weighted by Crippen LogP contribution is -2.14. The van der Waals surface area contributed by atoms with Crippen molar-refractivity contribution in [3.8, 4) is 0 Å². The molecule has 0 saturated carbocycles. The molecule has 1 aromatic carbocycles. The van der Waals surface area contributed by atoms with Gasteiger partial charge >= 0.3 is 0 Å². The molecule has 2 rings (SSSR count). The summed E-state index contributed by atoms with van der Waals surface area (Å²) in [7, 11) is 0. The summed E-state index contributed by atoms with van der Waals surface area (Å²) in [6.07, 6.45) is 2.59. The van der Waals surface area contributed by atoms with Gasteiger partial charge in [0.1, 0.15) is 18.0 Å². The summed E-state index contributed by atoms with van der Waals surface area (Å²) in [5.41, 5.74) is 1.95. The topological polar surface area (TPSA) is 49.8 Å². The summed E-state index contributed by atoms with van der Waals surface area (Å²) < 4.78 is 0. The highest BCUT2D eigenvalue weighted by Gasteiger charge is 2.05. The Bertz CT molecular complexity index is 586. The standard InChI is InChI=1S/C15H19ClN4/c1-4-10(2)19-14-8-15(18-9-17-14)20-13-7-5-6-12(16)11(13)3/h5-10H,4H2,1-3H3,(H2,17,18,19,20). The van der Waals surface area contributed by atoms with E-state index in [1.807, 2.05) is 31.2 Å². The predicted octanol–water partition coefficient (Wildman–Crippen LogP) is 4.39. The van der Waals surface area contributed by atoms with Gasteiger partial charge in [0.25, 0.3) is 0 Å². The average molecular weight is 291 g/mol. The normalized spacial score (nSPS) is 12.0. The third kappa shape index (κ3) is 3.61. The van der Waals surface area contributed by atoms with Crippen molar-refractivity contribution in [2.75, 3.05) is 10.6 Å². The van der Waals surface area contributed by atoms with E-state index >= 15 is 0 Å². The lowest BCUT2D eigenvalue weighted by Gasteiger charge is -2.14. The van der Waals surface area contributed by atoms with Crippen LogP contribution in [0, 0.1) is 6.92 Å². The molecule has 1 aromatic heterocycles. The van der Waals surface area contributed by atoms with Crippen molar-refractivity contribution in [1.29, 1.82) is 0 Å². The van der Waals surface area contributed by atoms with Gasteiger partial charge in [0, 0.05) is 22.8 Å². The molecule has 0 aliphatic rings. The van der Waals surface area contributed by atoms with Crippen LogP contribution in [0.3, 0.4) is 0 Å². The Balaban J connectivity index is 2.17. The van der Waals surface area contributed by atoms with Gasteiger partial charge < -0.3 is 10.6 Å². The van der Waals surface area contributed by atoms with Gasteiger partial charge in [-0.05, 0) is 38.0 Å². The zero-order valence-corrected chi connectivity index (χ0v) is 12.7. The first-order valence-electron chi connectivity index (χ1n) is 6.71. The molecule has 2 aromatic rings. The third-order valence-electron chi connectivity index (χ3n) is 3.20. The number of hydrogen-bond donors (Lipinski definition) is 2. The number of anilines is 3. The molecule has 20 heavy (non-hydrogen) atoms. The molecule has 0 bridgehead atoms. The van der Waals surface area contributed by atoms with Crippen LogP contribution in [0.5, 0.6) is 0 Å². The molecule has 1 unspecified atom stereocenters. The van der Waals surface area contributed by atoms with Crippen LogP contribution >= 0.6 is 11.6 Å². The van der Waals surface area contributed by atoms with Crippen LogP contribution in [0.15, 0.2) is 30.6 Å². The Morgan fingerprint density at radius 3 is 2.75 bits per heavy atom. The molecular weight excluding hydrogens is 272 g/mol. The molecule has 5 heteroatoms. The zero-order chi connectivity index (χ0) is 14.5. The second-order valence-electron chi connectivity index (χ2n) is 4.78. The maximum Gasteiger partial charge on any atom is 0.135 e. The minimum Gasteiger partial charge on any atom is -0.367 e. The van der Waals surface area contributed by atoms with E-state index in [1.165, 1.54) is 0 Å². The Kier molecular flexibility index (Phi) is 4.79. The average Bonchev–Trinajstić information content (AvgIpc) is 2.44. The van der Waals surface area contributed by atoms with Crippen LogP contribution in [-0.4, -0.2) is 16.0 Å². The molecule has 0 fully saturated rings. The quantitative estimate of drug-likeness (QED) is 0.857. The molecule has 0 aliphatic carbocycles. The summed E-state index contributed by atoms with van der Waals surface area (Å²) in [5.74, 6) is 1.56. The maximum absolute atomic E-state index is 6.11. The number of nitrogens with one attached hydrogen (secondary N) is 2. The first kappa shape index (κ1) is 14.6. The monoisotopic (exact) mass is 290 g/mol. The molecule has 4 nitrogen and oxygen atoms in total. The maximum atomic E-state index is 6.11. The predicted molar refractivity (Wildman–Crippen MR) is 84.9 cm³/mol. The minimum absolute atomic E-state index is 0.380. The van der Waals surface area contributed by atoms with Gasteiger partial charge in [0.2, 0.25) is 0 Å². The highest BCUT2D eigenvalue weighted by atomic mass is 35.5. The molecular formula is C15H19ClN4. The van der Waals surface area contributed by atoms with Crippen LogP contribution in [0.25, 0.3) is 0 Å². The highest BCUT2D eigenvalue weighted by molar-refractivity contribution is 6.31. The molecule has 1 atom stereocenters. The number of nitrogens with zero attached hydrogens (tertiary/aromatic N) is 2. The van der Waals surface area contributed by atoms with E-state index in [9.17, 15) is 0 Å². The van der Waals surface area contributed by atoms with Gasteiger partial charge in [-0.25, -0.2) is 9.97 Å². The van der Waals surface area contributed by atoms with E-state index in [2.05, 4.69) is 34.4 Å². The van der Waals surface area contributed by atoms with Gasteiger partial charge in [-0.3, -0.25) is 0 Å². The largest absolute Gasteiger partial charge is 0.367 e. The Morgan fingerprint density at radius 2 is 2.00 bits per heavy atom. The summed E-state index contributed by atoms with van der Waals surface area (Å²) in [4.78, 5) is 8.45. The summed E-state index contributed by atoms with van der Waals surface area (Å²) in [6.45, 7) is 6.23. The van der Waals surface area contributed by atoms with Crippen molar-refractivity contribution in [2.24, 2.45) is 0 Å². The lowest BCUT2D eigenvalue weighted by atomic mass is 10.2. The number of aromatic nitrogens is 2. The molecule has 0 radical (unpaired) electrons. The van der Waals surface area contributed by atoms with E-state index in [0.29, 0.717) is 6.04 Å². The van der Waals surface area contributed by atoms with Crippen molar-refractivity contribution >= 4 is 28.9 Å². The van der Waals surface area contributed by atoms with Gasteiger partial charge in [-0.15, -0.1) is 0 Å². The summed E-state index contributed by atoms with van der Waals surface area (Å²) >= 11 is 6.11. The van der Waals surface area contributed by atoms with Crippen molar-refractivity contribution < 1.29 is 0 Å². The Labute approximate surface area is 124 Å². The SMILES string of the molecule is CCC(C)Nc1cc(Nc2cccc(Cl)c2C)ncn1. The number of hydrogen-bond acceptors (Lipinski definition) is 4. The molecule has 0 aliphatic heterocycles. The summed E-state index contributed by atoms with van der Waals surface area (Å²) in [5, 5.41) is 7.33. The van der Waals surface area contributed by atoms with E-state index < -0.39 is 0 Å². The highest BCUT2D eigenvalue weighted by Crippen LogP contribution is 2.25. The second-order valence-corrected chi connectivity index (χ2v) is 5.19. The second kappa shape index (κ2) is 6.57. The molecule has 0 spiro atoms. The van der Waals surface area contributed by atoms with Crippen molar-refractivity contribution in [3.63, 3.8) is 0 Å². The minimum atomic E-state index is 0.380. The first-order valence-corrected chi connectivity index (χ1v) is 7.08. The number of rotatable bonds is 5.